The van der Waals surface area contributed by atoms with E-state index in [0.717, 1.165) is 0 Å². The maximum absolute atomic E-state index is 13.0. The summed E-state index contributed by atoms with van der Waals surface area (Å²) in [6, 6.07) is 4.22. The van der Waals surface area contributed by atoms with Gasteiger partial charge in [0.1, 0.15) is 11.6 Å². The summed E-state index contributed by atoms with van der Waals surface area (Å²) in [5.41, 5.74) is -0.322. The molecule has 16 heavy (non-hydrogen) atoms. The molecule has 88 valence electrons. The molecule has 1 N–H and O–H groups in total. The lowest BCUT2D eigenvalue weighted by Crippen LogP contribution is -2.33. The van der Waals surface area contributed by atoms with Gasteiger partial charge in [-0.25, -0.2) is 4.39 Å². The molecule has 0 spiro atoms. The smallest absolute Gasteiger partial charge is 0.127 e. The molecule has 0 aromatic heterocycles. The van der Waals surface area contributed by atoms with Gasteiger partial charge >= 0.3 is 0 Å². The SMILES string of the molecule is COc1cc(F)ccc1C1(O)CCOCC1. The van der Waals surface area contributed by atoms with Gasteiger partial charge in [-0.15, -0.1) is 0 Å². The lowest BCUT2D eigenvalue weighted by molar-refractivity contribution is -0.0689. The molecule has 1 aliphatic heterocycles. The van der Waals surface area contributed by atoms with Gasteiger partial charge in [-0.2, -0.15) is 0 Å². The fourth-order valence-corrected chi connectivity index (χ4v) is 2.03. The van der Waals surface area contributed by atoms with Crippen LogP contribution >= 0.6 is 0 Å². The first-order chi connectivity index (χ1) is 7.65. The first kappa shape index (κ1) is 11.4. The molecule has 0 saturated carbocycles. The van der Waals surface area contributed by atoms with E-state index >= 15 is 0 Å². The minimum atomic E-state index is -0.961. The standard InChI is InChI=1S/C12H15FO3/c1-15-11-8-9(13)2-3-10(11)12(14)4-6-16-7-5-12/h2-3,8,14H,4-7H2,1H3. The van der Waals surface area contributed by atoms with Crippen molar-refractivity contribution < 1.29 is 19.0 Å². The molecule has 3 nitrogen and oxygen atoms in total. The highest BCUT2D eigenvalue weighted by Gasteiger charge is 2.34. The van der Waals surface area contributed by atoms with E-state index in [4.69, 9.17) is 9.47 Å². The molecule has 0 aliphatic carbocycles. The highest BCUT2D eigenvalue weighted by molar-refractivity contribution is 5.38. The Bertz CT molecular complexity index is 373. The van der Waals surface area contributed by atoms with Crippen molar-refractivity contribution in [3.63, 3.8) is 0 Å². The Morgan fingerprint density at radius 3 is 2.69 bits per heavy atom. The summed E-state index contributed by atoms with van der Waals surface area (Å²) in [5, 5.41) is 10.5. The van der Waals surface area contributed by atoms with Gasteiger partial charge in [-0.3, -0.25) is 0 Å². The average Bonchev–Trinajstić information content (AvgIpc) is 2.29. The number of benzene rings is 1. The average molecular weight is 226 g/mol. The van der Waals surface area contributed by atoms with E-state index in [1.54, 1.807) is 6.07 Å². The summed E-state index contributed by atoms with van der Waals surface area (Å²) in [7, 11) is 1.47. The Morgan fingerprint density at radius 1 is 1.38 bits per heavy atom. The highest BCUT2D eigenvalue weighted by atomic mass is 19.1. The normalized spacial score (nSPS) is 19.4. The van der Waals surface area contributed by atoms with Crippen LogP contribution in [-0.4, -0.2) is 25.4 Å². The summed E-state index contributed by atoms with van der Waals surface area (Å²) < 4.78 is 23.4. The molecule has 4 heteroatoms. The predicted octanol–water partition coefficient (Wildman–Crippen LogP) is 1.83. The Labute approximate surface area is 93.8 Å². The zero-order valence-electron chi connectivity index (χ0n) is 9.20. The van der Waals surface area contributed by atoms with Crippen molar-refractivity contribution in [1.82, 2.24) is 0 Å². The van der Waals surface area contributed by atoms with Crippen molar-refractivity contribution in [1.29, 1.82) is 0 Å². The van der Waals surface area contributed by atoms with Gasteiger partial charge in [-0.05, 0) is 12.1 Å². The van der Waals surface area contributed by atoms with Gasteiger partial charge in [0.05, 0.1) is 12.7 Å². The highest BCUT2D eigenvalue weighted by Crippen LogP contribution is 2.37. The quantitative estimate of drug-likeness (QED) is 0.836. The van der Waals surface area contributed by atoms with Crippen molar-refractivity contribution in [2.75, 3.05) is 20.3 Å². The number of hydrogen-bond acceptors (Lipinski definition) is 3. The number of methoxy groups -OCH3 is 1. The van der Waals surface area contributed by atoms with E-state index in [-0.39, 0.29) is 5.82 Å². The second-order valence-corrected chi connectivity index (χ2v) is 3.99. The van der Waals surface area contributed by atoms with Crippen molar-refractivity contribution in [3.05, 3.63) is 29.6 Å². The topological polar surface area (TPSA) is 38.7 Å². The summed E-state index contributed by atoms with van der Waals surface area (Å²) in [6.45, 7) is 1.02. The monoisotopic (exact) mass is 226 g/mol. The molecule has 1 fully saturated rings. The fraction of sp³-hybridized carbons (Fsp3) is 0.500. The van der Waals surface area contributed by atoms with Crippen LogP contribution in [0.4, 0.5) is 4.39 Å². The van der Waals surface area contributed by atoms with Crippen LogP contribution in [0, 0.1) is 5.82 Å². The minimum absolute atomic E-state index is 0.365. The largest absolute Gasteiger partial charge is 0.496 e. The van der Waals surface area contributed by atoms with Crippen LogP contribution in [0.3, 0.4) is 0 Å². The third kappa shape index (κ3) is 2.03. The van der Waals surface area contributed by atoms with Crippen molar-refractivity contribution in [2.24, 2.45) is 0 Å². The van der Waals surface area contributed by atoms with E-state index in [9.17, 15) is 9.50 Å². The van der Waals surface area contributed by atoms with Crippen molar-refractivity contribution >= 4 is 0 Å². The predicted molar refractivity (Wildman–Crippen MR) is 56.9 cm³/mol. The molecule has 0 amide bonds. The van der Waals surface area contributed by atoms with Crippen LogP contribution in [-0.2, 0) is 10.3 Å². The van der Waals surface area contributed by atoms with Crippen LogP contribution in [0.1, 0.15) is 18.4 Å². The van der Waals surface area contributed by atoms with E-state index in [1.165, 1.54) is 19.2 Å². The van der Waals surface area contributed by atoms with Gasteiger partial charge in [0.25, 0.3) is 0 Å². The maximum atomic E-state index is 13.0. The van der Waals surface area contributed by atoms with E-state index in [1.807, 2.05) is 0 Å². The summed E-state index contributed by atoms with van der Waals surface area (Å²) >= 11 is 0. The van der Waals surface area contributed by atoms with Crippen molar-refractivity contribution in [2.45, 2.75) is 18.4 Å². The van der Waals surface area contributed by atoms with Gasteiger partial charge < -0.3 is 14.6 Å². The van der Waals surface area contributed by atoms with Gasteiger partial charge in [0.15, 0.2) is 0 Å². The Morgan fingerprint density at radius 2 is 2.06 bits per heavy atom. The minimum Gasteiger partial charge on any atom is -0.496 e. The van der Waals surface area contributed by atoms with Gasteiger partial charge in [-0.1, -0.05) is 0 Å². The van der Waals surface area contributed by atoms with Crippen LogP contribution in [0.25, 0.3) is 0 Å². The molecule has 1 aromatic carbocycles. The molecule has 0 radical (unpaired) electrons. The Hall–Kier alpha value is -1.13. The van der Waals surface area contributed by atoms with Crippen LogP contribution < -0.4 is 4.74 Å². The molecule has 0 bridgehead atoms. The number of aliphatic hydroxyl groups is 1. The summed E-state index contributed by atoms with van der Waals surface area (Å²) in [4.78, 5) is 0. The van der Waals surface area contributed by atoms with Crippen LogP contribution in [0.2, 0.25) is 0 Å². The van der Waals surface area contributed by atoms with E-state index < -0.39 is 5.60 Å². The van der Waals surface area contributed by atoms with E-state index in [2.05, 4.69) is 0 Å². The molecule has 1 heterocycles. The third-order valence-corrected chi connectivity index (χ3v) is 2.98. The number of ether oxygens (including phenoxy) is 2. The summed E-state index contributed by atoms with van der Waals surface area (Å²) in [6.07, 6.45) is 1.02. The first-order valence-electron chi connectivity index (χ1n) is 5.30. The van der Waals surface area contributed by atoms with Crippen LogP contribution in [0.5, 0.6) is 5.75 Å². The molecule has 0 atom stereocenters. The van der Waals surface area contributed by atoms with Crippen LogP contribution in [0.15, 0.2) is 18.2 Å². The lowest BCUT2D eigenvalue weighted by Gasteiger charge is -2.33. The van der Waals surface area contributed by atoms with Gasteiger partial charge in [0, 0.05) is 37.7 Å². The number of hydrogen-bond donors (Lipinski definition) is 1. The molecular weight excluding hydrogens is 211 g/mol. The fourth-order valence-electron chi connectivity index (χ4n) is 2.03. The summed E-state index contributed by atoms with van der Waals surface area (Å²) in [5.74, 6) is 0.0284. The first-order valence-corrected chi connectivity index (χ1v) is 5.30. The molecule has 1 aromatic rings. The Kier molecular flexibility index (Phi) is 3.12. The van der Waals surface area contributed by atoms with Gasteiger partial charge in [0.2, 0.25) is 0 Å². The zero-order chi connectivity index (χ0) is 11.6. The van der Waals surface area contributed by atoms with E-state index in [0.29, 0.717) is 37.4 Å². The Balaban J connectivity index is 2.37. The second-order valence-electron chi connectivity index (χ2n) is 3.99. The lowest BCUT2D eigenvalue weighted by atomic mass is 9.86. The van der Waals surface area contributed by atoms with Crippen molar-refractivity contribution in [3.8, 4) is 5.75 Å². The zero-order valence-corrected chi connectivity index (χ0v) is 9.20. The molecule has 2 rings (SSSR count). The third-order valence-electron chi connectivity index (χ3n) is 2.98. The second kappa shape index (κ2) is 4.39. The molecule has 1 saturated heterocycles. The number of halogens is 1. The number of rotatable bonds is 2. The molecule has 0 unspecified atom stereocenters. The molecule has 1 aliphatic rings. The maximum Gasteiger partial charge on any atom is 0.127 e. The molecular formula is C12H15FO3.